The van der Waals surface area contributed by atoms with Gasteiger partial charge in [-0.1, -0.05) is 0 Å². The van der Waals surface area contributed by atoms with Crippen molar-refractivity contribution in [1.82, 2.24) is 14.5 Å². The van der Waals surface area contributed by atoms with E-state index in [9.17, 15) is 14.3 Å². The number of oxazole rings is 1. The van der Waals surface area contributed by atoms with Gasteiger partial charge in [0, 0.05) is 29.2 Å². The van der Waals surface area contributed by atoms with Crippen molar-refractivity contribution in [3.63, 3.8) is 0 Å². The Bertz CT molecular complexity index is 1460. The van der Waals surface area contributed by atoms with Gasteiger partial charge in [-0.15, -0.1) is 0 Å². The number of methoxy groups -OCH3 is 1. The molecule has 1 atom stereocenters. The Labute approximate surface area is 203 Å². The van der Waals surface area contributed by atoms with Gasteiger partial charge < -0.3 is 24.9 Å². The van der Waals surface area contributed by atoms with Crippen molar-refractivity contribution < 1.29 is 38.5 Å². The lowest BCUT2D eigenvalue weighted by Gasteiger charge is -2.16. The van der Waals surface area contributed by atoms with Gasteiger partial charge in [-0.05, 0) is 43.7 Å². The number of hydrogen-bond acceptors (Lipinski definition) is 12. The summed E-state index contributed by atoms with van der Waals surface area (Å²) in [5.41, 5.74) is 2.29. The lowest BCUT2D eigenvalue weighted by Crippen LogP contribution is -2.20. The van der Waals surface area contributed by atoms with Crippen molar-refractivity contribution in [3.8, 4) is 5.75 Å². The minimum absolute atomic E-state index is 0.0754. The molecular weight excluding hydrogens is 500 g/mol. The standard InChI is InChI=1S/C21H21FN5O8P/c1-10-6-13(8-16(32-3)17(10)22)25-19-23-9-11(2)18(26-19)24-12-4-5-15-14(7-12)27(20(28)33-15)21(29)36(34-30)35-31/h4-9,21,29-31H,1-3H3,(H2,23,24,25,26). The number of fused-ring (bicyclic) bond motifs is 1. The van der Waals surface area contributed by atoms with Gasteiger partial charge in [-0.2, -0.15) is 14.3 Å². The summed E-state index contributed by atoms with van der Waals surface area (Å²) in [6.45, 7) is 3.38. The van der Waals surface area contributed by atoms with Crippen molar-refractivity contribution >= 4 is 42.6 Å². The van der Waals surface area contributed by atoms with Crippen molar-refractivity contribution in [3.05, 3.63) is 64.0 Å². The number of rotatable bonds is 9. The highest BCUT2D eigenvalue weighted by atomic mass is 31.2. The minimum atomic E-state index is -2.67. The normalized spacial score (nSPS) is 12.2. The summed E-state index contributed by atoms with van der Waals surface area (Å²) >= 11 is 0. The molecule has 4 rings (SSSR count). The predicted octanol–water partition coefficient (Wildman–Crippen LogP) is 4.38. The van der Waals surface area contributed by atoms with Crippen molar-refractivity contribution in [2.45, 2.75) is 19.8 Å². The highest BCUT2D eigenvalue weighted by Crippen LogP contribution is 2.47. The van der Waals surface area contributed by atoms with Crippen LogP contribution in [0, 0.1) is 19.7 Å². The fourth-order valence-electron chi connectivity index (χ4n) is 3.38. The molecule has 2 aromatic heterocycles. The third-order valence-corrected chi connectivity index (χ3v) is 6.05. The Balaban J connectivity index is 1.65. The number of nitrogens with one attached hydrogen (secondary N) is 2. The van der Waals surface area contributed by atoms with Crippen LogP contribution < -0.4 is 21.1 Å². The molecule has 0 saturated carbocycles. The van der Waals surface area contributed by atoms with Gasteiger partial charge in [0.2, 0.25) is 11.9 Å². The highest BCUT2D eigenvalue weighted by Gasteiger charge is 2.29. The lowest BCUT2D eigenvalue weighted by atomic mass is 10.2. The fourth-order valence-corrected chi connectivity index (χ4v) is 3.98. The molecule has 0 saturated heterocycles. The van der Waals surface area contributed by atoms with E-state index in [0.717, 1.165) is 4.57 Å². The van der Waals surface area contributed by atoms with Gasteiger partial charge in [0.25, 0.3) is 8.38 Å². The second-order valence-electron chi connectivity index (χ2n) is 7.50. The number of anilines is 4. The number of aliphatic hydroxyl groups excluding tert-OH is 1. The summed E-state index contributed by atoms with van der Waals surface area (Å²) in [5, 5.41) is 34.0. The molecule has 0 aliphatic rings. The zero-order valence-corrected chi connectivity index (χ0v) is 20.0. The Morgan fingerprint density at radius 1 is 1.11 bits per heavy atom. The van der Waals surface area contributed by atoms with Crippen LogP contribution in [-0.2, 0) is 9.35 Å². The summed E-state index contributed by atoms with van der Waals surface area (Å²) in [5.74, 6) is -2.59. The van der Waals surface area contributed by atoms with Gasteiger partial charge in [0.15, 0.2) is 17.1 Å². The Morgan fingerprint density at radius 2 is 1.86 bits per heavy atom. The molecule has 4 aromatic rings. The second-order valence-corrected chi connectivity index (χ2v) is 8.86. The van der Waals surface area contributed by atoms with Crippen LogP contribution >= 0.6 is 8.38 Å². The monoisotopic (exact) mass is 521 g/mol. The molecule has 190 valence electrons. The second kappa shape index (κ2) is 10.5. The molecule has 0 radical (unpaired) electrons. The first-order valence-corrected chi connectivity index (χ1v) is 11.5. The SMILES string of the molecule is COc1cc(Nc2ncc(C)c(Nc3ccc4oc(=O)n(C(O)P(OO)OO)c4c3)n2)cc(C)c1F. The number of benzene rings is 2. The van der Waals surface area contributed by atoms with E-state index in [-0.39, 0.29) is 22.8 Å². The maximum absolute atomic E-state index is 14.1. The minimum Gasteiger partial charge on any atom is -0.494 e. The molecule has 0 aliphatic heterocycles. The van der Waals surface area contributed by atoms with Gasteiger partial charge in [-0.25, -0.2) is 29.3 Å². The first-order chi connectivity index (χ1) is 17.2. The van der Waals surface area contributed by atoms with Crippen LogP contribution in [0.2, 0.25) is 0 Å². The fraction of sp³-hybridized carbons (Fsp3) is 0.190. The third kappa shape index (κ3) is 4.99. The molecule has 0 spiro atoms. The number of halogens is 1. The van der Waals surface area contributed by atoms with Crippen molar-refractivity contribution in [2.75, 3.05) is 17.7 Å². The molecule has 0 amide bonds. The molecule has 0 bridgehead atoms. The van der Waals surface area contributed by atoms with Gasteiger partial charge in [0.05, 0.1) is 12.6 Å². The van der Waals surface area contributed by atoms with Crippen LogP contribution in [0.5, 0.6) is 5.75 Å². The van der Waals surface area contributed by atoms with Crippen LogP contribution in [0.15, 0.2) is 45.7 Å². The topological polar surface area (TPSA) is 173 Å². The van der Waals surface area contributed by atoms with Crippen molar-refractivity contribution in [1.29, 1.82) is 0 Å². The predicted molar refractivity (Wildman–Crippen MR) is 127 cm³/mol. The lowest BCUT2D eigenvalue weighted by molar-refractivity contribution is -0.203. The van der Waals surface area contributed by atoms with Gasteiger partial charge >= 0.3 is 5.76 Å². The largest absolute Gasteiger partial charge is 0.494 e. The van der Waals surface area contributed by atoms with E-state index in [1.807, 2.05) is 0 Å². The molecular formula is C21H21FN5O8P. The molecule has 0 fully saturated rings. The van der Waals surface area contributed by atoms with E-state index >= 15 is 0 Å². The van der Waals surface area contributed by atoms with Gasteiger partial charge in [-0.3, -0.25) is 0 Å². The molecule has 1 unspecified atom stereocenters. The summed E-state index contributed by atoms with van der Waals surface area (Å²) < 4.78 is 32.8. The van der Waals surface area contributed by atoms with E-state index in [1.165, 1.54) is 25.3 Å². The van der Waals surface area contributed by atoms with E-state index in [4.69, 9.17) is 19.7 Å². The molecule has 2 heterocycles. The van der Waals surface area contributed by atoms with E-state index in [1.54, 1.807) is 32.2 Å². The first-order valence-electron chi connectivity index (χ1n) is 10.2. The maximum atomic E-state index is 14.1. The van der Waals surface area contributed by atoms with Crippen molar-refractivity contribution in [2.24, 2.45) is 0 Å². The van der Waals surface area contributed by atoms with Gasteiger partial charge in [0.1, 0.15) is 5.82 Å². The van der Waals surface area contributed by atoms with Crippen LogP contribution in [0.1, 0.15) is 17.1 Å². The van der Waals surface area contributed by atoms with E-state index in [0.29, 0.717) is 28.3 Å². The number of nitrogens with zero attached hydrogens (tertiary/aromatic N) is 3. The molecule has 36 heavy (non-hydrogen) atoms. The Hall–Kier alpha value is -3.65. The number of ether oxygens (including phenoxy) is 1. The summed E-state index contributed by atoms with van der Waals surface area (Å²) in [6, 6.07) is 7.64. The molecule has 2 aromatic carbocycles. The zero-order chi connectivity index (χ0) is 26.0. The molecule has 5 N–H and O–H groups in total. The number of aliphatic hydroxyl groups is 1. The summed E-state index contributed by atoms with van der Waals surface area (Å²) in [7, 11) is -1.30. The average Bonchev–Trinajstić information content (AvgIpc) is 3.19. The van der Waals surface area contributed by atoms with Crippen LogP contribution in [0.25, 0.3) is 11.1 Å². The average molecular weight is 521 g/mol. The number of hydrogen-bond donors (Lipinski definition) is 5. The molecule has 13 nitrogen and oxygen atoms in total. The third-order valence-electron chi connectivity index (χ3n) is 5.12. The maximum Gasteiger partial charge on any atom is 0.422 e. The first kappa shape index (κ1) is 25.4. The number of aromatic nitrogens is 3. The Morgan fingerprint density at radius 3 is 2.56 bits per heavy atom. The van der Waals surface area contributed by atoms with Crippen LogP contribution in [0.3, 0.4) is 0 Å². The van der Waals surface area contributed by atoms with E-state index < -0.39 is 25.9 Å². The highest BCUT2D eigenvalue weighted by molar-refractivity contribution is 7.46. The quantitative estimate of drug-likeness (QED) is 0.120. The van der Waals surface area contributed by atoms with Crippen LogP contribution in [-0.4, -0.2) is 37.3 Å². The van der Waals surface area contributed by atoms with Crippen LogP contribution in [0.4, 0.5) is 27.5 Å². The number of aryl methyl sites for hydroxylation is 2. The molecule has 15 heteroatoms. The Kier molecular flexibility index (Phi) is 7.45. The zero-order valence-electron chi connectivity index (χ0n) is 19.1. The smallest absolute Gasteiger partial charge is 0.422 e. The summed E-state index contributed by atoms with van der Waals surface area (Å²) in [4.78, 5) is 20.9. The van der Waals surface area contributed by atoms with E-state index in [2.05, 4.69) is 30.0 Å². The molecule has 0 aliphatic carbocycles. The summed E-state index contributed by atoms with van der Waals surface area (Å²) in [6.07, 6.45) is 1.58.